The van der Waals surface area contributed by atoms with Crippen LogP contribution in [-0.4, -0.2) is 43.0 Å². The van der Waals surface area contributed by atoms with Gasteiger partial charge in [0.15, 0.2) is 0 Å². The highest BCUT2D eigenvalue weighted by Gasteiger charge is 2.35. The average molecular weight is 220 g/mol. The Bertz CT molecular complexity index is 298. The fraction of sp³-hybridized carbons (Fsp3) is 0.556. The van der Waals surface area contributed by atoms with Gasteiger partial charge < -0.3 is 4.48 Å². The van der Waals surface area contributed by atoms with Crippen LogP contribution in [0.3, 0.4) is 0 Å². The number of rotatable bonds is 6. The highest BCUT2D eigenvalue weighted by atomic mass is 32.2. The number of likely N-dealkylation sites (N-methyl/N-ethyl adjacent to an activating group) is 1. The molecule has 0 amide bonds. The lowest BCUT2D eigenvalue weighted by Gasteiger charge is -2.36. The minimum atomic E-state index is -4.03. The van der Waals surface area contributed by atoms with E-state index >= 15 is 0 Å². The summed E-state index contributed by atoms with van der Waals surface area (Å²) in [6, 6.07) is 0. The van der Waals surface area contributed by atoms with Crippen LogP contribution in [0.25, 0.3) is 0 Å². The van der Waals surface area contributed by atoms with Crippen molar-refractivity contribution >= 4 is 10.1 Å². The van der Waals surface area contributed by atoms with Gasteiger partial charge in [-0.25, -0.2) is 0 Å². The quantitative estimate of drug-likeness (QED) is 0.413. The van der Waals surface area contributed by atoms with Crippen LogP contribution in [0.4, 0.5) is 0 Å². The zero-order chi connectivity index (χ0) is 11.4. The van der Waals surface area contributed by atoms with Crippen molar-refractivity contribution in [2.24, 2.45) is 0 Å². The summed E-state index contributed by atoms with van der Waals surface area (Å²) >= 11 is 0. The summed E-state index contributed by atoms with van der Waals surface area (Å²) in [6.07, 6.45) is 3.26. The van der Waals surface area contributed by atoms with Gasteiger partial charge in [0.25, 0.3) is 0 Å². The Hall–Kier alpha value is -0.650. The van der Waals surface area contributed by atoms with Crippen molar-refractivity contribution in [3.63, 3.8) is 0 Å². The smallest absolute Gasteiger partial charge is 0.303 e. The first-order chi connectivity index (χ1) is 6.28. The SMILES string of the molecule is C=CC[N+](C)(CC=C)C(C)S(=O)(=O)O. The molecule has 0 saturated heterocycles. The molecule has 0 aromatic heterocycles. The lowest BCUT2D eigenvalue weighted by molar-refractivity contribution is -0.907. The van der Waals surface area contributed by atoms with E-state index in [1.165, 1.54) is 6.92 Å². The molecule has 0 aliphatic carbocycles. The predicted molar refractivity (Wildman–Crippen MR) is 57.3 cm³/mol. The first kappa shape index (κ1) is 13.4. The summed E-state index contributed by atoms with van der Waals surface area (Å²) in [5.41, 5.74) is 0. The maximum absolute atomic E-state index is 11.0. The predicted octanol–water partition coefficient (Wildman–Crippen LogP) is 1.04. The van der Waals surface area contributed by atoms with Gasteiger partial charge in [-0.1, -0.05) is 13.2 Å². The van der Waals surface area contributed by atoms with Crippen LogP contribution in [-0.2, 0) is 10.1 Å². The second-order valence-electron chi connectivity index (χ2n) is 3.54. The first-order valence-corrected chi connectivity index (χ1v) is 5.80. The van der Waals surface area contributed by atoms with Gasteiger partial charge in [0.05, 0.1) is 20.1 Å². The van der Waals surface area contributed by atoms with Gasteiger partial charge in [-0.05, 0) is 12.2 Å². The number of hydrogen-bond acceptors (Lipinski definition) is 2. The molecule has 0 spiro atoms. The standard InChI is InChI=1S/C9H17NO3S/c1-5-7-10(4,8-6-2)9(3)14(11,12)13/h5-6,9H,1-2,7-8H2,3-4H3/p+1. The topological polar surface area (TPSA) is 54.4 Å². The minimum absolute atomic E-state index is 0.159. The van der Waals surface area contributed by atoms with Crippen molar-refractivity contribution < 1.29 is 17.5 Å². The summed E-state index contributed by atoms with van der Waals surface area (Å²) in [7, 11) is -2.29. The van der Waals surface area contributed by atoms with Crippen LogP contribution in [0.5, 0.6) is 0 Å². The molecule has 0 saturated carbocycles. The molecular weight excluding hydrogens is 202 g/mol. The van der Waals surface area contributed by atoms with E-state index in [-0.39, 0.29) is 4.48 Å². The molecule has 5 heteroatoms. The van der Waals surface area contributed by atoms with E-state index in [0.29, 0.717) is 13.1 Å². The Morgan fingerprint density at radius 2 is 1.71 bits per heavy atom. The molecule has 82 valence electrons. The number of quaternary nitrogens is 1. The molecule has 0 rings (SSSR count). The van der Waals surface area contributed by atoms with Crippen LogP contribution >= 0.6 is 0 Å². The zero-order valence-electron chi connectivity index (χ0n) is 8.68. The van der Waals surface area contributed by atoms with Crippen molar-refractivity contribution in [3.8, 4) is 0 Å². The Kier molecular flexibility index (Phi) is 4.51. The van der Waals surface area contributed by atoms with Crippen molar-refractivity contribution in [3.05, 3.63) is 25.3 Å². The molecule has 0 aromatic carbocycles. The maximum Gasteiger partial charge on any atom is 0.319 e. The zero-order valence-corrected chi connectivity index (χ0v) is 9.50. The molecule has 0 fully saturated rings. The van der Waals surface area contributed by atoms with Crippen molar-refractivity contribution in [2.45, 2.75) is 12.3 Å². The Balaban J connectivity index is 4.99. The molecule has 0 aliphatic heterocycles. The second kappa shape index (κ2) is 4.72. The normalized spacial score (nSPS) is 14.8. The van der Waals surface area contributed by atoms with Crippen LogP contribution in [0.15, 0.2) is 25.3 Å². The lowest BCUT2D eigenvalue weighted by Crippen LogP contribution is -2.54. The van der Waals surface area contributed by atoms with E-state index in [2.05, 4.69) is 13.2 Å². The van der Waals surface area contributed by atoms with E-state index in [0.717, 1.165) is 0 Å². The van der Waals surface area contributed by atoms with E-state index in [9.17, 15) is 8.42 Å². The molecule has 0 heterocycles. The van der Waals surface area contributed by atoms with E-state index in [1.54, 1.807) is 19.2 Å². The van der Waals surface area contributed by atoms with Gasteiger partial charge >= 0.3 is 10.1 Å². The average Bonchev–Trinajstić information content (AvgIpc) is 2.02. The van der Waals surface area contributed by atoms with Gasteiger partial charge in [-0.15, -0.1) is 0 Å². The van der Waals surface area contributed by atoms with Gasteiger partial charge in [0.1, 0.15) is 0 Å². The summed E-state index contributed by atoms with van der Waals surface area (Å²) in [4.78, 5) is 0. The highest BCUT2D eigenvalue weighted by molar-refractivity contribution is 7.86. The molecule has 0 aliphatic rings. The molecule has 1 unspecified atom stereocenters. The monoisotopic (exact) mass is 220 g/mol. The van der Waals surface area contributed by atoms with E-state index in [4.69, 9.17) is 4.55 Å². The van der Waals surface area contributed by atoms with Crippen LogP contribution in [0, 0.1) is 0 Å². The van der Waals surface area contributed by atoms with Gasteiger partial charge in [-0.2, -0.15) is 8.42 Å². The molecular formula is C9H18NO3S+. The molecule has 1 atom stereocenters. The number of nitrogens with zero attached hydrogens (tertiary/aromatic N) is 1. The summed E-state index contributed by atoms with van der Waals surface area (Å²) in [6.45, 7) is 9.54. The molecule has 14 heavy (non-hydrogen) atoms. The molecule has 4 nitrogen and oxygen atoms in total. The molecule has 0 radical (unpaired) electrons. The van der Waals surface area contributed by atoms with Gasteiger partial charge in [-0.3, -0.25) is 4.55 Å². The van der Waals surface area contributed by atoms with E-state index < -0.39 is 15.5 Å². The third-order valence-electron chi connectivity index (χ3n) is 2.40. The fourth-order valence-electron chi connectivity index (χ4n) is 1.28. The molecule has 1 N–H and O–H groups in total. The van der Waals surface area contributed by atoms with E-state index in [1.807, 2.05) is 0 Å². The second-order valence-corrected chi connectivity index (χ2v) is 5.25. The highest BCUT2D eigenvalue weighted by Crippen LogP contribution is 2.15. The maximum atomic E-state index is 11.0. The third-order valence-corrected chi connectivity index (χ3v) is 3.77. The van der Waals surface area contributed by atoms with Crippen molar-refractivity contribution in [1.29, 1.82) is 0 Å². The summed E-state index contributed by atoms with van der Waals surface area (Å²) in [5, 5.41) is -0.876. The summed E-state index contributed by atoms with van der Waals surface area (Å²) in [5.74, 6) is 0. The largest absolute Gasteiger partial charge is 0.319 e. The minimum Gasteiger partial charge on any atom is -0.303 e. The van der Waals surface area contributed by atoms with Crippen LogP contribution < -0.4 is 0 Å². The lowest BCUT2D eigenvalue weighted by atomic mass is 10.3. The fourth-order valence-corrected chi connectivity index (χ4v) is 2.10. The molecule has 0 aromatic rings. The molecule has 0 bridgehead atoms. The van der Waals surface area contributed by atoms with Crippen LogP contribution in [0.2, 0.25) is 0 Å². The first-order valence-electron chi connectivity index (χ1n) is 4.30. The van der Waals surface area contributed by atoms with Gasteiger partial charge in [0.2, 0.25) is 5.37 Å². The van der Waals surface area contributed by atoms with Crippen LogP contribution in [0.1, 0.15) is 6.92 Å². The van der Waals surface area contributed by atoms with Crippen molar-refractivity contribution in [2.75, 3.05) is 20.1 Å². The summed E-state index contributed by atoms with van der Waals surface area (Å²) < 4.78 is 31.1. The number of hydrogen-bond donors (Lipinski definition) is 1. The Morgan fingerprint density at radius 3 is 1.93 bits per heavy atom. The Morgan fingerprint density at radius 1 is 1.36 bits per heavy atom. The third kappa shape index (κ3) is 3.25. The Labute approximate surface area is 85.9 Å². The van der Waals surface area contributed by atoms with Gasteiger partial charge in [0, 0.05) is 6.92 Å². The van der Waals surface area contributed by atoms with Crippen molar-refractivity contribution in [1.82, 2.24) is 0 Å².